The van der Waals surface area contributed by atoms with E-state index >= 15 is 0 Å². The SMILES string of the molecule is C1COCCN1.C=O.O=CN1CCOCC1. The molecule has 0 spiro atoms. The number of hydrogen-bond acceptors (Lipinski definition) is 5. The Morgan fingerprint density at radius 1 is 1.00 bits per heavy atom. The zero-order valence-electron chi connectivity index (χ0n) is 9.52. The lowest BCUT2D eigenvalue weighted by atomic mass is 10.5. The van der Waals surface area contributed by atoms with Gasteiger partial charge in [0.1, 0.15) is 6.79 Å². The van der Waals surface area contributed by atoms with Gasteiger partial charge in [-0.05, 0) is 0 Å². The van der Waals surface area contributed by atoms with E-state index in [1.807, 2.05) is 6.79 Å². The predicted octanol–water partition coefficient (Wildman–Crippen LogP) is -1.10. The molecule has 0 aromatic heterocycles. The number of morpholine rings is 2. The summed E-state index contributed by atoms with van der Waals surface area (Å²) in [5.74, 6) is 0. The fourth-order valence-corrected chi connectivity index (χ4v) is 1.20. The Morgan fingerprint density at radius 2 is 1.50 bits per heavy atom. The van der Waals surface area contributed by atoms with Gasteiger partial charge in [0.25, 0.3) is 0 Å². The fourth-order valence-electron chi connectivity index (χ4n) is 1.20. The van der Waals surface area contributed by atoms with Crippen LogP contribution in [-0.4, -0.2) is 70.7 Å². The van der Waals surface area contributed by atoms with Crippen LogP contribution in [0.3, 0.4) is 0 Å². The number of rotatable bonds is 1. The van der Waals surface area contributed by atoms with Gasteiger partial charge in [0.2, 0.25) is 6.41 Å². The van der Waals surface area contributed by atoms with Crippen LogP contribution in [0.4, 0.5) is 0 Å². The van der Waals surface area contributed by atoms with Gasteiger partial charge in [-0.2, -0.15) is 0 Å². The van der Waals surface area contributed by atoms with E-state index in [-0.39, 0.29) is 0 Å². The van der Waals surface area contributed by atoms with Gasteiger partial charge >= 0.3 is 0 Å². The van der Waals surface area contributed by atoms with Crippen LogP contribution in [0.1, 0.15) is 0 Å². The van der Waals surface area contributed by atoms with Crippen LogP contribution in [0.5, 0.6) is 0 Å². The van der Waals surface area contributed by atoms with E-state index < -0.39 is 0 Å². The molecule has 0 unspecified atom stereocenters. The van der Waals surface area contributed by atoms with Crippen molar-refractivity contribution in [2.75, 3.05) is 52.6 Å². The van der Waals surface area contributed by atoms with Crippen molar-refractivity contribution >= 4 is 13.2 Å². The molecule has 2 aliphatic heterocycles. The molecular formula is C10H20N2O4. The number of ether oxygens (including phenoxy) is 2. The smallest absolute Gasteiger partial charge is 0.209 e. The minimum Gasteiger partial charge on any atom is -0.379 e. The van der Waals surface area contributed by atoms with Gasteiger partial charge in [-0.3, -0.25) is 4.79 Å². The van der Waals surface area contributed by atoms with Crippen LogP contribution >= 0.6 is 0 Å². The highest BCUT2D eigenvalue weighted by atomic mass is 16.5. The first-order valence-corrected chi connectivity index (χ1v) is 5.28. The Hall–Kier alpha value is -0.980. The normalized spacial score (nSPS) is 19.6. The molecule has 0 aliphatic carbocycles. The Labute approximate surface area is 95.9 Å². The number of nitrogens with one attached hydrogen (secondary N) is 1. The first-order chi connectivity index (χ1) is 7.93. The average Bonchev–Trinajstić information content (AvgIpc) is 2.44. The van der Waals surface area contributed by atoms with Crippen LogP contribution in [0.15, 0.2) is 0 Å². The number of amides is 1. The molecule has 6 heteroatoms. The third kappa shape index (κ3) is 8.34. The lowest BCUT2D eigenvalue weighted by molar-refractivity contribution is -0.121. The largest absolute Gasteiger partial charge is 0.379 e. The van der Waals surface area contributed by atoms with Crippen molar-refractivity contribution in [1.29, 1.82) is 0 Å². The molecule has 2 aliphatic rings. The zero-order chi connectivity index (χ0) is 12.1. The lowest BCUT2D eigenvalue weighted by Crippen LogP contribution is -2.34. The highest BCUT2D eigenvalue weighted by molar-refractivity contribution is 5.46. The molecule has 2 rings (SSSR count). The Kier molecular flexibility index (Phi) is 11.4. The molecule has 0 aromatic carbocycles. The Morgan fingerprint density at radius 3 is 1.75 bits per heavy atom. The molecule has 2 heterocycles. The average molecular weight is 232 g/mol. The zero-order valence-corrected chi connectivity index (χ0v) is 9.52. The summed E-state index contributed by atoms with van der Waals surface area (Å²) in [5.41, 5.74) is 0. The van der Waals surface area contributed by atoms with Crippen LogP contribution in [0.25, 0.3) is 0 Å². The maximum absolute atomic E-state index is 10.0. The van der Waals surface area contributed by atoms with E-state index in [4.69, 9.17) is 14.3 Å². The summed E-state index contributed by atoms with van der Waals surface area (Å²) < 4.78 is 10.0. The topological polar surface area (TPSA) is 67.9 Å². The molecule has 1 N–H and O–H groups in total. The maximum Gasteiger partial charge on any atom is 0.209 e. The van der Waals surface area contributed by atoms with Gasteiger partial charge < -0.3 is 24.5 Å². The minimum atomic E-state index is 0.693. The van der Waals surface area contributed by atoms with Crippen molar-refractivity contribution in [3.8, 4) is 0 Å². The summed E-state index contributed by atoms with van der Waals surface area (Å²) in [6, 6.07) is 0. The lowest BCUT2D eigenvalue weighted by Gasteiger charge is -2.21. The van der Waals surface area contributed by atoms with E-state index in [1.54, 1.807) is 4.90 Å². The predicted molar refractivity (Wildman–Crippen MR) is 59.3 cm³/mol. The van der Waals surface area contributed by atoms with Crippen molar-refractivity contribution in [1.82, 2.24) is 10.2 Å². The molecule has 2 fully saturated rings. The number of nitrogens with zero attached hydrogens (tertiary/aromatic N) is 1. The third-order valence-corrected chi connectivity index (χ3v) is 2.04. The van der Waals surface area contributed by atoms with Crippen LogP contribution < -0.4 is 5.32 Å². The van der Waals surface area contributed by atoms with Crippen LogP contribution in [0, 0.1) is 0 Å². The number of carbonyl (C=O) groups excluding carboxylic acids is 2. The molecule has 0 atom stereocenters. The van der Waals surface area contributed by atoms with Gasteiger partial charge in [-0.15, -0.1) is 0 Å². The van der Waals surface area contributed by atoms with Crippen molar-refractivity contribution in [2.45, 2.75) is 0 Å². The summed E-state index contributed by atoms with van der Waals surface area (Å²) in [7, 11) is 0. The molecular weight excluding hydrogens is 212 g/mol. The first-order valence-electron chi connectivity index (χ1n) is 5.28. The molecule has 0 saturated carbocycles. The summed E-state index contributed by atoms with van der Waals surface area (Å²) in [5, 5.41) is 3.16. The fraction of sp³-hybridized carbons (Fsp3) is 0.800. The Balaban J connectivity index is 0.000000251. The third-order valence-electron chi connectivity index (χ3n) is 2.04. The van der Waals surface area contributed by atoms with E-state index in [2.05, 4.69) is 5.32 Å². The minimum absolute atomic E-state index is 0.693. The summed E-state index contributed by atoms with van der Waals surface area (Å²) in [4.78, 5) is 19.7. The van der Waals surface area contributed by atoms with Crippen molar-refractivity contribution in [2.24, 2.45) is 0 Å². The summed E-state index contributed by atoms with van der Waals surface area (Å²) in [6.45, 7) is 8.73. The molecule has 16 heavy (non-hydrogen) atoms. The summed E-state index contributed by atoms with van der Waals surface area (Å²) in [6.07, 6.45) is 0.864. The molecule has 1 amide bonds. The molecule has 94 valence electrons. The Bertz CT molecular complexity index is 147. The van der Waals surface area contributed by atoms with E-state index in [1.165, 1.54) is 0 Å². The standard InChI is InChI=1S/C5H9NO2.C4H9NO.CH2O/c7-5-6-1-3-8-4-2-6;1-3-6-4-2-5-1;1-2/h5H,1-4H2;5H,1-4H2;1H2. The maximum atomic E-state index is 10.0. The van der Waals surface area contributed by atoms with E-state index in [9.17, 15) is 4.79 Å². The molecule has 0 radical (unpaired) electrons. The van der Waals surface area contributed by atoms with Gasteiger partial charge in [0.15, 0.2) is 0 Å². The van der Waals surface area contributed by atoms with Gasteiger partial charge in [0.05, 0.1) is 26.4 Å². The van der Waals surface area contributed by atoms with E-state index in [0.717, 1.165) is 45.8 Å². The second-order valence-corrected chi connectivity index (χ2v) is 3.12. The van der Waals surface area contributed by atoms with E-state index in [0.29, 0.717) is 13.2 Å². The first kappa shape index (κ1) is 15.0. The van der Waals surface area contributed by atoms with Crippen molar-refractivity contribution < 1.29 is 19.1 Å². The molecule has 2 saturated heterocycles. The molecule has 6 nitrogen and oxygen atoms in total. The van der Waals surface area contributed by atoms with Gasteiger partial charge in [-0.1, -0.05) is 0 Å². The highest BCUT2D eigenvalue weighted by Gasteiger charge is 2.05. The van der Waals surface area contributed by atoms with Gasteiger partial charge in [-0.25, -0.2) is 0 Å². The monoisotopic (exact) mass is 232 g/mol. The number of carbonyl (C=O) groups is 2. The van der Waals surface area contributed by atoms with Crippen molar-refractivity contribution in [3.05, 3.63) is 0 Å². The highest BCUT2D eigenvalue weighted by Crippen LogP contribution is 1.90. The number of hydrogen-bond donors (Lipinski definition) is 1. The molecule has 0 aromatic rings. The van der Waals surface area contributed by atoms with Crippen LogP contribution in [0.2, 0.25) is 0 Å². The van der Waals surface area contributed by atoms with Crippen LogP contribution in [-0.2, 0) is 19.1 Å². The molecule has 0 bridgehead atoms. The second kappa shape index (κ2) is 12.1. The summed E-state index contributed by atoms with van der Waals surface area (Å²) >= 11 is 0. The van der Waals surface area contributed by atoms with Gasteiger partial charge in [0, 0.05) is 26.2 Å². The second-order valence-electron chi connectivity index (χ2n) is 3.12. The van der Waals surface area contributed by atoms with Crippen molar-refractivity contribution in [3.63, 3.8) is 0 Å². The quantitative estimate of drug-likeness (QED) is 0.581.